The van der Waals surface area contributed by atoms with Crippen molar-refractivity contribution in [3.63, 3.8) is 0 Å². The van der Waals surface area contributed by atoms with E-state index >= 15 is 0 Å². The molecule has 5 nitrogen and oxygen atoms in total. The Balaban J connectivity index is 1.71. The van der Waals surface area contributed by atoms with Gasteiger partial charge < -0.3 is 20.8 Å². The molecule has 6 heteroatoms. The Morgan fingerprint density at radius 2 is 1.91 bits per heavy atom. The molecule has 1 aromatic heterocycles. The lowest BCUT2D eigenvalue weighted by Gasteiger charge is -2.27. The maximum atomic E-state index is 12.5. The van der Waals surface area contributed by atoms with Gasteiger partial charge in [0.1, 0.15) is 11.2 Å². The van der Waals surface area contributed by atoms with E-state index in [4.69, 9.17) is 0 Å². The monoisotopic (exact) mass is 316 g/mol. The van der Waals surface area contributed by atoms with Gasteiger partial charge in [0.15, 0.2) is 11.5 Å². The highest BCUT2D eigenvalue weighted by atomic mass is 32.1. The van der Waals surface area contributed by atoms with Crippen molar-refractivity contribution in [2.45, 2.75) is 31.8 Å². The zero-order valence-corrected chi connectivity index (χ0v) is 12.7. The third-order valence-electron chi connectivity index (χ3n) is 4.28. The maximum Gasteiger partial charge on any atom is 0.256 e. The van der Waals surface area contributed by atoms with E-state index in [-0.39, 0.29) is 17.4 Å². The fraction of sp³-hybridized carbons (Fsp3) is 0.312. The molecule has 2 aromatic rings. The molecule has 1 unspecified atom stereocenters. The van der Waals surface area contributed by atoms with Crippen LogP contribution in [0, 0.1) is 0 Å². The predicted octanol–water partition coefficient (Wildman–Crippen LogP) is 2.89. The molecule has 1 atom stereocenters. The first-order valence-corrected chi connectivity index (χ1v) is 8.19. The number of aryl methyl sites for hydroxylation is 1. The summed E-state index contributed by atoms with van der Waals surface area (Å²) in [4.78, 5) is 13.8. The van der Waals surface area contributed by atoms with Crippen LogP contribution in [0.25, 0.3) is 0 Å². The smallest absolute Gasteiger partial charge is 0.256 e. The highest BCUT2D eigenvalue weighted by Crippen LogP contribution is 2.41. The standard InChI is InChI=1S/C16H16N2O3S/c19-10-6-5-8(7-11(10)20)14-17-15(21)13-9-3-1-2-4-12(9)22-16(13)18-14/h5-7,14,18-20H,1-4H2,(H,17,21). The molecular formula is C16H16N2O3S. The van der Waals surface area contributed by atoms with Gasteiger partial charge in [-0.25, -0.2) is 0 Å². The van der Waals surface area contributed by atoms with Crippen LogP contribution >= 0.6 is 11.3 Å². The maximum absolute atomic E-state index is 12.5. The Hall–Kier alpha value is -2.21. The fourth-order valence-corrected chi connectivity index (χ4v) is 4.48. The van der Waals surface area contributed by atoms with E-state index in [2.05, 4.69) is 10.6 Å². The van der Waals surface area contributed by atoms with Gasteiger partial charge in [-0.2, -0.15) is 0 Å². The van der Waals surface area contributed by atoms with Gasteiger partial charge in [-0.1, -0.05) is 6.07 Å². The minimum Gasteiger partial charge on any atom is -0.504 e. The Kier molecular flexibility index (Phi) is 3.00. The Morgan fingerprint density at radius 1 is 1.09 bits per heavy atom. The summed E-state index contributed by atoms with van der Waals surface area (Å²) in [6.07, 6.45) is 3.95. The summed E-state index contributed by atoms with van der Waals surface area (Å²) < 4.78 is 0. The van der Waals surface area contributed by atoms with Crippen molar-refractivity contribution >= 4 is 22.2 Å². The third kappa shape index (κ3) is 2.02. The second-order valence-electron chi connectivity index (χ2n) is 5.71. The van der Waals surface area contributed by atoms with Crippen molar-refractivity contribution < 1.29 is 15.0 Å². The highest BCUT2D eigenvalue weighted by molar-refractivity contribution is 7.16. The van der Waals surface area contributed by atoms with E-state index in [0.717, 1.165) is 29.8 Å². The van der Waals surface area contributed by atoms with Crippen LogP contribution in [-0.4, -0.2) is 16.1 Å². The topological polar surface area (TPSA) is 81.6 Å². The number of hydrogen-bond acceptors (Lipinski definition) is 5. The van der Waals surface area contributed by atoms with Gasteiger partial charge in [0.2, 0.25) is 0 Å². The van der Waals surface area contributed by atoms with Gasteiger partial charge in [0, 0.05) is 4.88 Å². The van der Waals surface area contributed by atoms with Crippen LogP contribution in [0.1, 0.15) is 45.4 Å². The summed E-state index contributed by atoms with van der Waals surface area (Å²) in [5.74, 6) is -0.423. The summed E-state index contributed by atoms with van der Waals surface area (Å²) in [6, 6.07) is 4.57. The lowest BCUT2D eigenvalue weighted by atomic mass is 9.94. The van der Waals surface area contributed by atoms with Gasteiger partial charge >= 0.3 is 0 Å². The highest BCUT2D eigenvalue weighted by Gasteiger charge is 2.32. The molecule has 0 fully saturated rings. The first kappa shape index (κ1) is 13.5. The van der Waals surface area contributed by atoms with Crippen LogP contribution in [-0.2, 0) is 12.8 Å². The number of aromatic hydroxyl groups is 2. The van der Waals surface area contributed by atoms with Crippen LogP contribution in [0.2, 0.25) is 0 Å². The molecule has 4 rings (SSSR count). The lowest BCUT2D eigenvalue weighted by molar-refractivity contribution is 0.0935. The van der Waals surface area contributed by atoms with Crippen molar-refractivity contribution in [3.05, 3.63) is 39.8 Å². The minimum absolute atomic E-state index is 0.0642. The molecule has 1 aliphatic carbocycles. The number of carbonyl (C=O) groups is 1. The van der Waals surface area contributed by atoms with Crippen molar-refractivity contribution in [1.29, 1.82) is 0 Å². The van der Waals surface area contributed by atoms with Gasteiger partial charge in [-0.05, 0) is 48.9 Å². The lowest BCUT2D eigenvalue weighted by Crippen LogP contribution is -2.38. The number of fused-ring (bicyclic) bond motifs is 3. The van der Waals surface area contributed by atoms with Crippen LogP contribution in [0.4, 0.5) is 5.00 Å². The van der Waals surface area contributed by atoms with E-state index in [9.17, 15) is 15.0 Å². The number of anilines is 1. The van der Waals surface area contributed by atoms with Crippen molar-refractivity contribution in [2.24, 2.45) is 0 Å². The molecule has 1 aromatic carbocycles. The average Bonchev–Trinajstić information content (AvgIpc) is 2.88. The molecule has 0 saturated carbocycles. The van der Waals surface area contributed by atoms with Gasteiger partial charge in [-0.3, -0.25) is 4.79 Å². The van der Waals surface area contributed by atoms with Gasteiger partial charge in [0.05, 0.1) is 5.56 Å². The fourth-order valence-electron chi connectivity index (χ4n) is 3.16. The zero-order chi connectivity index (χ0) is 15.3. The number of nitrogens with one attached hydrogen (secondary N) is 2. The van der Waals surface area contributed by atoms with Crippen LogP contribution < -0.4 is 10.6 Å². The SMILES string of the molecule is O=C1NC(c2ccc(O)c(O)c2)Nc2sc3c(c21)CCCC3. The summed E-state index contributed by atoms with van der Waals surface area (Å²) in [5, 5.41) is 26.2. The Morgan fingerprint density at radius 3 is 2.73 bits per heavy atom. The molecule has 1 amide bonds. The van der Waals surface area contributed by atoms with Crippen molar-refractivity contribution in [2.75, 3.05) is 5.32 Å². The molecule has 114 valence electrons. The number of phenolic OH excluding ortho intramolecular Hbond substituents is 2. The number of phenols is 2. The Labute approximate surface area is 131 Å². The van der Waals surface area contributed by atoms with Gasteiger partial charge in [0.25, 0.3) is 5.91 Å². The third-order valence-corrected chi connectivity index (χ3v) is 5.51. The average molecular weight is 316 g/mol. The molecule has 0 saturated heterocycles. The second kappa shape index (κ2) is 4.91. The van der Waals surface area contributed by atoms with Crippen molar-refractivity contribution in [1.82, 2.24) is 5.32 Å². The van der Waals surface area contributed by atoms with E-state index in [1.54, 1.807) is 17.4 Å². The number of hydrogen-bond donors (Lipinski definition) is 4. The van der Waals surface area contributed by atoms with Crippen LogP contribution in [0.3, 0.4) is 0 Å². The van der Waals surface area contributed by atoms with Gasteiger partial charge in [-0.15, -0.1) is 11.3 Å². The summed E-state index contributed by atoms with van der Waals surface area (Å²) in [5.41, 5.74) is 2.70. The number of carbonyl (C=O) groups excluding carboxylic acids is 1. The molecule has 2 heterocycles. The first-order valence-electron chi connectivity index (χ1n) is 7.37. The molecule has 22 heavy (non-hydrogen) atoms. The van der Waals surface area contributed by atoms with E-state index in [1.807, 2.05) is 0 Å². The minimum atomic E-state index is -0.397. The molecule has 4 N–H and O–H groups in total. The van der Waals surface area contributed by atoms with Crippen LogP contribution in [0.15, 0.2) is 18.2 Å². The molecular weight excluding hydrogens is 300 g/mol. The van der Waals surface area contributed by atoms with E-state index < -0.39 is 6.17 Å². The second-order valence-corrected chi connectivity index (χ2v) is 6.82. The zero-order valence-electron chi connectivity index (χ0n) is 11.8. The summed E-state index contributed by atoms with van der Waals surface area (Å²) >= 11 is 1.66. The first-order chi connectivity index (χ1) is 10.6. The normalized spacial score (nSPS) is 19.8. The van der Waals surface area contributed by atoms with E-state index in [0.29, 0.717) is 5.56 Å². The summed E-state index contributed by atoms with van der Waals surface area (Å²) in [7, 11) is 0. The number of thiophene rings is 1. The van der Waals surface area contributed by atoms with E-state index in [1.165, 1.54) is 29.0 Å². The molecule has 0 spiro atoms. The largest absolute Gasteiger partial charge is 0.504 e. The molecule has 1 aliphatic heterocycles. The number of benzene rings is 1. The van der Waals surface area contributed by atoms with Crippen LogP contribution in [0.5, 0.6) is 11.5 Å². The number of amides is 1. The Bertz CT molecular complexity index is 769. The summed E-state index contributed by atoms with van der Waals surface area (Å²) in [6.45, 7) is 0. The quantitative estimate of drug-likeness (QED) is 0.610. The molecule has 2 aliphatic rings. The van der Waals surface area contributed by atoms with Crippen molar-refractivity contribution in [3.8, 4) is 11.5 Å². The molecule has 0 bridgehead atoms. The number of rotatable bonds is 1. The predicted molar refractivity (Wildman–Crippen MR) is 84.6 cm³/mol. The molecule has 0 radical (unpaired) electrons.